The number of rotatable bonds is 11. The van der Waals surface area contributed by atoms with Crippen LogP contribution in [-0.2, 0) is 24.0 Å². The molecule has 0 aliphatic carbocycles. The Hall–Kier alpha value is -2.38. The summed E-state index contributed by atoms with van der Waals surface area (Å²) in [6, 6.07) is -4.14. The first kappa shape index (κ1) is 22.6. The molecule has 0 radical (unpaired) electrons. The molecule has 0 aliphatic rings. The average molecular weight is 380 g/mol. The first-order chi connectivity index (χ1) is 11.6. The minimum absolute atomic E-state index is 0.175. The molecular formula is C12H20N4O8S. The number of carboxylic acids is 2. The van der Waals surface area contributed by atoms with E-state index in [2.05, 4.69) is 23.3 Å². The van der Waals surface area contributed by atoms with E-state index < -0.39 is 67.4 Å². The van der Waals surface area contributed by atoms with E-state index >= 15 is 0 Å². The third kappa shape index (κ3) is 8.88. The molecule has 0 fully saturated rings. The summed E-state index contributed by atoms with van der Waals surface area (Å²) in [7, 11) is 0. The number of nitrogens with two attached hydrogens (primary N) is 1. The summed E-state index contributed by atoms with van der Waals surface area (Å²) in [5.74, 6) is -5.68. The van der Waals surface area contributed by atoms with Crippen LogP contribution in [-0.4, -0.2) is 82.0 Å². The molecule has 0 heterocycles. The number of carbonyl (C=O) groups excluding carboxylic acids is 3. The Labute approximate surface area is 147 Å². The van der Waals surface area contributed by atoms with Gasteiger partial charge in [0, 0.05) is 5.75 Å². The molecule has 3 amide bonds. The number of amides is 3. The Bertz CT molecular complexity index is 529. The molecule has 3 atom stereocenters. The van der Waals surface area contributed by atoms with Gasteiger partial charge in [0.25, 0.3) is 0 Å². The second kappa shape index (κ2) is 11.2. The van der Waals surface area contributed by atoms with Gasteiger partial charge in [0.1, 0.15) is 18.1 Å². The van der Waals surface area contributed by atoms with Crippen LogP contribution >= 0.6 is 12.6 Å². The number of nitrogens with one attached hydrogen (secondary N) is 3. The zero-order valence-corrected chi connectivity index (χ0v) is 13.9. The van der Waals surface area contributed by atoms with Crippen LogP contribution in [0.15, 0.2) is 0 Å². The summed E-state index contributed by atoms with van der Waals surface area (Å²) >= 11 is 3.75. The number of aliphatic hydroxyl groups excluding tert-OH is 1. The number of carboxylic acid groups (broad SMARTS) is 2. The van der Waals surface area contributed by atoms with E-state index in [4.69, 9.17) is 21.1 Å². The van der Waals surface area contributed by atoms with Gasteiger partial charge in [0.2, 0.25) is 17.7 Å². The van der Waals surface area contributed by atoms with Crippen LogP contribution in [0.1, 0.15) is 6.42 Å². The summed E-state index contributed by atoms with van der Waals surface area (Å²) in [5, 5.41) is 32.5. The fraction of sp³-hybridized carbons (Fsp3) is 0.583. The zero-order valence-electron chi connectivity index (χ0n) is 13.0. The summed E-state index contributed by atoms with van der Waals surface area (Å²) in [5.41, 5.74) is 5.25. The Morgan fingerprint density at radius 3 is 2.04 bits per heavy atom. The molecule has 0 rings (SSSR count). The van der Waals surface area contributed by atoms with Crippen molar-refractivity contribution >= 4 is 42.3 Å². The van der Waals surface area contributed by atoms with Crippen molar-refractivity contribution in [1.29, 1.82) is 0 Å². The van der Waals surface area contributed by atoms with E-state index in [1.807, 2.05) is 5.32 Å². The van der Waals surface area contributed by atoms with Crippen LogP contribution in [0.4, 0.5) is 0 Å². The molecule has 0 aromatic heterocycles. The van der Waals surface area contributed by atoms with Gasteiger partial charge in [-0.25, -0.2) is 4.79 Å². The van der Waals surface area contributed by atoms with Gasteiger partial charge in [-0.05, 0) is 0 Å². The van der Waals surface area contributed by atoms with Gasteiger partial charge in [0.15, 0.2) is 0 Å². The largest absolute Gasteiger partial charge is 0.481 e. The van der Waals surface area contributed by atoms with Gasteiger partial charge in [-0.2, -0.15) is 12.6 Å². The van der Waals surface area contributed by atoms with Crippen molar-refractivity contribution in [2.24, 2.45) is 5.73 Å². The number of aliphatic hydroxyl groups is 1. The Balaban J connectivity index is 4.71. The molecule has 25 heavy (non-hydrogen) atoms. The Kier molecular flexibility index (Phi) is 10.2. The van der Waals surface area contributed by atoms with Crippen molar-refractivity contribution in [3.05, 3.63) is 0 Å². The van der Waals surface area contributed by atoms with E-state index in [0.717, 1.165) is 0 Å². The molecule has 0 aliphatic heterocycles. The number of hydrogen-bond acceptors (Lipinski definition) is 8. The molecule has 0 aromatic carbocycles. The first-order valence-electron chi connectivity index (χ1n) is 6.91. The average Bonchev–Trinajstić information content (AvgIpc) is 2.55. The lowest BCUT2D eigenvalue weighted by Gasteiger charge is -2.19. The Morgan fingerprint density at radius 1 is 1.00 bits per heavy atom. The minimum Gasteiger partial charge on any atom is -0.481 e. The van der Waals surface area contributed by atoms with E-state index in [-0.39, 0.29) is 5.75 Å². The maximum absolute atomic E-state index is 11.9. The van der Waals surface area contributed by atoms with Gasteiger partial charge in [0.05, 0.1) is 19.6 Å². The lowest BCUT2D eigenvalue weighted by molar-refractivity contribution is -0.142. The van der Waals surface area contributed by atoms with Crippen molar-refractivity contribution in [3.63, 3.8) is 0 Å². The van der Waals surface area contributed by atoms with Crippen molar-refractivity contribution in [2.75, 3.05) is 18.9 Å². The number of thiol groups is 1. The molecular weight excluding hydrogens is 360 g/mol. The predicted molar refractivity (Wildman–Crippen MR) is 85.7 cm³/mol. The molecule has 8 N–H and O–H groups in total. The quantitative estimate of drug-likeness (QED) is 0.163. The normalized spacial score (nSPS) is 13.9. The summed E-state index contributed by atoms with van der Waals surface area (Å²) in [6.07, 6.45) is -0.786. The standard InChI is InChI=1S/C12H20N4O8S/c13-5(3-17)10(21)16-6(1-9(19)20)11(22)14-2-8(18)15-7(4-25)12(23)24/h5-7,17,25H,1-4,13H2,(H,14,22)(H,15,18)(H,16,21)(H,19,20)(H,23,24). The minimum atomic E-state index is -1.53. The highest BCUT2D eigenvalue weighted by atomic mass is 32.1. The third-order valence-corrected chi connectivity index (χ3v) is 3.15. The van der Waals surface area contributed by atoms with Gasteiger partial charge >= 0.3 is 11.9 Å². The highest BCUT2D eigenvalue weighted by Gasteiger charge is 2.26. The van der Waals surface area contributed by atoms with Gasteiger partial charge in [-0.15, -0.1) is 0 Å². The van der Waals surface area contributed by atoms with E-state index in [0.29, 0.717) is 0 Å². The second-order valence-corrected chi connectivity index (χ2v) is 5.17. The summed E-state index contributed by atoms with van der Waals surface area (Å²) < 4.78 is 0. The molecule has 0 bridgehead atoms. The van der Waals surface area contributed by atoms with Crippen LogP contribution in [0.3, 0.4) is 0 Å². The fourth-order valence-electron chi connectivity index (χ4n) is 1.47. The lowest BCUT2D eigenvalue weighted by Crippen LogP contribution is -2.54. The maximum atomic E-state index is 11.9. The Morgan fingerprint density at radius 2 is 1.60 bits per heavy atom. The molecule has 0 spiro atoms. The van der Waals surface area contributed by atoms with Crippen molar-refractivity contribution in [3.8, 4) is 0 Å². The van der Waals surface area contributed by atoms with Crippen molar-refractivity contribution in [1.82, 2.24) is 16.0 Å². The van der Waals surface area contributed by atoms with Gasteiger partial charge < -0.3 is 37.0 Å². The summed E-state index contributed by atoms with van der Waals surface area (Å²) in [4.78, 5) is 56.5. The van der Waals surface area contributed by atoms with E-state index in [9.17, 15) is 24.0 Å². The summed E-state index contributed by atoms with van der Waals surface area (Å²) in [6.45, 7) is -1.36. The van der Waals surface area contributed by atoms with Gasteiger partial charge in [-0.1, -0.05) is 0 Å². The molecule has 142 valence electrons. The zero-order chi connectivity index (χ0) is 19.6. The van der Waals surface area contributed by atoms with Crippen LogP contribution in [0.2, 0.25) is 0 Å². The lowest BCUT2D eigenvalue weighted by atomic mass is 10.1. The van der Waals surface area contributed by atoms with E-state index in [1.54, 1.807) is 0 Å². The predicted octanol–water partition coefficient (Wildman–Crippen LogP) is -4.12. The van der Waals surface area contributed by atoms with Gasteiger partial charge in [-0.3, -0.25) is 19.2 Å². The third-order valence-electron chi connectivity index (χ3n) is 2.78. The van der Waals surface area contributed by atoms with Crippen LogP contribution in [0.5, 0.6) is 0 Å². The topological polar surface area (TPSA) is 208 Å². The van der Waals surface area contributed by atoms with Crippen molar-refractivity contribution in [2.45, 2.75) is 24.5 Å². The number of hydrogen-bond donors (Lipinski definition) is 8. The number of aliphatic carboxylic acids is 2. The number of carbonyl (C=O) groups is 5. The molecule has 0 saturated carbocycles. The van der Waals surface area contributed by atoms with Crippen LogP contribution in [0, 0.1) is 0 Å². The fourth-order valence-corrected chi connectivity index (χ4v) is 1.71. The van der Waals surface area contributed by atoms with Crippen LogP contribution in [0.25, 0.3) is 0 Å². The first-order valence-corrected chi connectivity index (χ1v) is 7.54. The maximum Gasteiger partial charge on any atom is 0.327 e. The SMILES string of the molecule is NC(CO)C(=O)NC(CC(=O)O)C(=O)NCC(=O)NC(CS)C(=O)O. The smallest absolute Gasteiger partial charge is 0.327 e. The highest BCUT2D eigenvalue weighted by molar-refractivity contribution is 7.80. The highest BCUT2D eigenvalue weighted by Crippen LogP contribution is 1.95. The molecule has 0 saturated heterocycles. The monoisotopic (exact) mass is 380 g/mol. The molecule has 13 heteroatoms. The second-order valence-electron chi connectivity index (χ2n) is 4.81. The van der Waals surface area contributed by atoms with Crippen LogP contribution < -0.4 is 21.7 Å². The van der Waals surface area contributed by atoms with E-state index in [1.165, 1.54) is 0 Å². The molecule has 0 aromatic rings. The molecule has 3 unspecified atom stereocenters. The molecule has 12 nitrogen and oxygen atoms in total. The van der Waals surface area contributed by atoms with Crippen molar-refractivity contribution < 1.29 is 39.3 Å².